The van der Waals surface area contributed by atoms with Gasteiger partial charge in [0, 0.05) is 11.9 Å². The van der Waals surface area contributed by atoms with Crippen molar-refractivity contribution in [1.82, 2.24) is 9.97 Å². The molecule has 0 saturated heterocycles. The molecule has 0 aromatic carbocycles. The van der Waals surface area contributed by atoms with E-state index in [-0.39, 0.29) is 6.04 Å². The van der Waals surface area contributed by atoms with Crippen LogP contribution in [0, 0.1) is 5.41 Å². The lowest BCUT2D eigenvalue weighted by atomic mass is 9.76. The Balaban J connectivity index is 0.000000741. The summed E-state index contributed by atoms with van der Waals surface area (Å²) < 4.78 is 0. The number of hydrogen-bond donors (Lipinski definition) is 1. The van der Waals surface area contributed by atoms with Crippen LogP contribution in [-0.4, -0.2) is 9.97 Å². The number of nitrogens with two attached hydrogens (primary N) is 1. The first-order valence-corrected chi connectivity index (χ1v) is 7.58. The number of aryl methyl sites for hydroxylation is 1. The average molecular weight is 265 g/mol. The van der Waals surface area contributed by atoms with E-state index in [1.54, 1.807) is 0 Å². The third-order valence-corrected chi connectivity index (χ3v) is 3.09. The van der Waals surface area contributed by atoms with E-state index in [4.69, 9.17) is 5.73 Å². The third kappa shape index (κ3) is 5.27. The fraction of sp³-hybridized carbons (Fsp3) is 0.750. The molecule has 0 radical (unpaired) electrons. The van der Waals surface area contributed by atoms with Gasteiger partial charge in [-0.1, -0.05) is 41.5 Å². The SMILES string of the molecule is CC.CC.CC(N)c1ncc2c(n1)CCC(C)(C)C2. The highest BCUT2D eigenvalue weighted by atomic mass is 14.9. The van der Waals surface area contributed by atoms with Gasteiger partial charge in [-0.2, -0.15) is 0 Å². The second-order valence-corrected chi connectivity index (χ2v) is 5.33. The van der Waals surface area contributed by atoms with Gasteiger partial charge in [0.05, 0.1) is 6.04 Å². The summed E-state index contributed by atoms with van der Waals surface area (Å²) in [5, 5.41) is 0. The second kappa shape index (κ2) is 8.26. The van der Waals surface area contributed by atoms with Gasteiger partial charge < -0.3 is 5.73 Å². The molecule has 2 N–H and O–H groups in total. The Kier molecular flexibility index (Phi) is 7.84. The minimum atomic E-state index is -0.0646. The monoisotopic (exact) mass is 265 g/mol. The van der Waals surface area contributed by atoms with E-state index in [0.717, 1.165) is 18.7 Å². The molecule has 0 spiro atoms. The molecule has 2 rings (SSSR count). The Bertz CT molecular complexity index is 370. The normalized spacial score (nSPS) is 17.1. The molecule has 1 heterocycles. The van der Waals surface area contributed by atoms with Crippen LogP contribution in [0.4, 0.5) is 0 Å². The van der Waals surface area contributed by atoms with Crippen molar-refractivity contribution in [3.8, 4) is 0 Å². The quantitative estimate of drug-likeness (QED) is 0.833. The van der Waals surface area contributed by atoms with Crippen LogP contribution in [0.25, 0.3) is 0 Å². The highest BCUT2D eigenvalue weighted by Gasteiger charge is 2.26. The van der Waals surface area contributed by atoms with Crippen molar-refractivity contribution >= 4 is 0 Å². The highest BCUT2D eigenvalue weighted by molar-refractivity contribution is 5.23. The molecule has 0 bridgehead atoms. The van der Waals surface area contributed by atoms with Gasteiger partial charge in [0.15, 0.2) is 0 Å². The van der Waals surface area contributed by atoms with Gasteiger partial charge in [0.25, 0.3) is 0 Å². The molecule has 0 amide bonds. The maximum absolute atomic E-state index is 5.78. The van der Waals surface area contributed by atoms with Gasteiger partial charge in [-0.15, -0.1) is 0 Å². The number of aromatic nitrogens is 2. The number of fused-ring (bicyclic) bond motifs is 1. The van der Waals surface area contributed by atoms with Crippen molar-refractivity contribution in [3.05, 3.63) is 23.3 Å². The summed E-state index contributed by atoms with van der Waals surface area (Å²) in [6.07, 6.45) is 5.31. The summed E-state index contributed by atoms with van der Waals surface area (Å²) in [6, 6.07) is -0.0646. The van der Waals surface area contributed by atoms with E-state index in [1.807, 2.05) is 40.8 Å². The Morgan fingerprint density at radius 1 is 1.21 bits per heavy atom. The zero-order valence-corrected chi connectivity index (χ0v) is 13.7. The smallest absolute Gasteiger partial charge is 0.144 e. The summed E-state index contributed by atoms with van der Waals surface area (Å²) in [5.41, 5.74) is 8.68. The number of hydrogen-bond acceptors (Lipinski definition) is 3. The Labute approximate surface area is 119 Å². The van der Waals surface area contributed by atoms with E-state index in [2.05, 4.69) is 23.8 Å². The maximum Gasteiger partial charge on any atom is 0.144 e. The summed E-state index contributed by atoms with van der Waals surface area (Å²) in [6.45, 7) is 14.5. The van der Waals surface area contributed by atoms with Gasteiger partial charge in [-0.3, -0.25) is 0 Å². The molecular formula is C16H31N3. The molecule has 3 heteroatoms. The van der Waals surface area contributed by atoms with Crippen LogP contribution in [0.5, 0.6) is 0 Å². The minimum absolute atomic E-state index is 0.0646. The largest absolute Gasteiger partial charge is 0.322 e. The molecule has 19 heavy (non-hydrogen) atoms. The molecule has 1 aromatic heterocycles. The standard InChI is InChI=1S/C12H19N3.2C2H6/c1-8(13)11-14-7-9-6-12(2,3)5-4-10(9)15-11;2*1-2/h7-8H,4-6,13H2,1-3H3;2*1-2H3. The molecule has 1 unspecified atom stereocenters. The van der Waals surface area contributed by atoms with Crippen LogP contribution in [0.15, 0.2) is 6.20 Å². The molecule has 1 aromatic rings. The van der Waals surface area contributed by atoms with Gasteiger partial charge in [0.1, 0.15) is 5.82 Å². The molecule has 3 nitrogen and oxygen atoms in total. The summed E-state index contributed by atoms with van der Waals surface area (Å²) in [7, 11) is 0. The highest BCUT2D eigenvalue weighted by Crippen LogP contribution is 2.33. The number of rotatable bonds is 1. The summed E-state index contributed by atoms with van der Waals surface area (Å²) in [5.74, 6) is 0.772. The topological polar surface area (TPSA) is 51.8 Å². The summed E-state index contributed by atoms with van der Waals surface area (Å²) >= 11 is 0. The molecule has 0 saturated carbocycles. The van der Waals surface area contributed by atoms with Crippen LogP contribution in [-0.2, 0) is 12.8 Å². The zero-order chi connectivity index (χ0) is 15.1. The second-order valence-electron chi connectivity index (χ2n) is 5.33. The molecule has 1 aliphatic rings. The molecule has 0 fully saturated rings. The van der Waals surface area contributed by atoms with Crippen molar-refractivity contribution in [3.63, 3.8) is 0 Å². The fourth-order valence-corrected chi connectivity index (χ4v) is 2.10. The summed E-state index contributed by atoms with van der Waals surface area (Å²) in [4.78, 5) is 8.86. The molecule has 0 aliphatic heterocycles. The van der Waals surface area contributed by atoms with Crippen LogP contribution in [0.3, 0.4) is 0 Å². The van der Waals surface area contributed by atoms with E-state index in [9.17, 15) is 0 Å². The van der Waals surface area contributed by atoms with Crippen molar-refractivity contribution in [2.75, 3.05) is 0 Å². The van der Waals surface area contributed by atoms with Crippen molar-refractivity contribution in [2.45, 2.75) is 73.8 Å². The van der Waals surface area contributed by atoms with Gasteiger partial charge >= 0.3 is 0 Å². The first-order valence-electron chi connectivity index (χ1n) is 7.58. The van der Waals surface area contributed by atoms with Crippen molar-refractivity contribution in [2.24, 2.45) is 11.1 Å². The van der Waals surface area contributed by atoms with E-state index < -0.39 is 0 Å². The van der Waals surface area contributed by atoms with Crippen LogP contribution in [0.2, 0.25) is 0 Å². The predicted octanol–water partition coefficient (Wildman–Crippen LogP) is 4.06. The van der Waals surface area contributed by atoms with E-state index in [1.165, 1.54) is 17.7 Å². The van der Waals surface area contributed by atoms with Crippen molar-refractivity contribution in [1.29, 1.82) is 0 Å². The first-order chi connectivity index (χ1) is 8.98. The fourth-order valence-electron chi connectivity index (χ4n) is 2.10. The third-order valence-electron chi connectivity index (χ3n) is 3.09. The molecular weight excluding hydrogens is 234 g/mol. The van der Waals surface area contributed by atoms with Crippen LogP contribution >= 0.6 is 0 Å². The lowest BCUT2D eigenvalue weighted by Crippen LogP contribution is -2.24. The predicted molar refractivity (Wildman–Crippen MR) is 83.1 cm³/mol. The van der Waals surface area contributed by atoms with Crippen LogP contribution < -0.4 is 5.73 Å². The molecule has 110 valence electrons. The van der Waals surface area contributed by atoms with E-state index in [0.29, 0.717) is 5.41 Å². The van der Waals surface area contributed by atoms with Crippen LogP contribution in [0.1, 0.15) is 78.0 Å². The first kappa shape index (κ1) is 18.0. The Hall–Kier alpha value is -0.960. The van der Waals surface area contributed by atoms with Gasteiger partial charge in [-0.25, -0.2) is 9.97 Å². The number of nitrogens with zero attached hydrogens (tertiary/aromatic N) is 2. The van der Waals surface area contributed by atoms with E-state index >= 15 is 0 Å². The van der Waals surface area contributed by atoms with Gasteiger partial charge in [0.2, 0.25) is 0 Å². The Morgan fingerprint density at radius 2 is 1.79 bits per heavy atom. The minimum Gasteiger partial charge on any atom is -0.322 e. The lowest BCUT2D eigenvalue weighted by molar-refractivity contribution is 0.311. The van der Waals surface area contributed by atoms with Crippen molar-refractivity contribution < 1.29 is 0 Å². The molecule has 1 aliphatic carbocycles. The zero-order valence-electron chi connectivity index (χ0n) is 13.7. The van der Waals surface area contributed by atoms with Gasteiger partial charge in [-0.05, 0) is 37.2 Å². The maximum atomic E-state index is 5.78. The lowest BCUT2D eigenvalue weighted by Gasteiger charge is -2.30. The average Bonchev–Trinajstić information content (AvgIpc) is 2.41. The Morgan fingerprint density at radius 3 is 2.32 bits per heavy atom. The molecule has 1 atom stereocenters.